The van der Waals surface area contributed by atoms with Crippen LogP contribution in [0.2, 0.25) is 0 Å². The van der Waals surface area contributed by atoms with Crippen LogP contribution in [0.3, 0.4) is 0 Å². The minimum atomic E-state index is -2.01. The molecule has 6 nitrogen and oxygen atoms in total. The van der Waals surface area contributed by atoms with Gasteiger partial charge in [-0.05, 0) is 63.8 Å². The molecule has 0 saturated carbocycles. The van der Waals surface area contributed by atoms with E-state index in [1.54, 1.807) is 22.8 Å². The van der Waals surface area contributed by atoms with Gasteiger partial charge in [0.05, 0.1) is 0 Å². The number of benzene rings is 3. The number of hydrogen-bond donors (Lipinski definition) is 1. The van der Waals surface area contributed by atoms with Crippen molar-refractivity contribution >= 4 is 47.1 Å². The molecule has 0 bridgehead atoms. The average Bonchev–Trinajstić information content (AvgIpc) is 3.32. The van der Waals surface area contributed by atoms with E-state index >= 15 is 0 Å². The zero-order chi connectivity index (χ0) is 33.6. The minimum Gasteiger partial charge on any atom is -0.502 e. The van der Waals surface area contributed by atoms with E-state index in [-0.39, 0.29) is 6.10 Å². The Hall–Kier alpha value is -2.60. The first-order chi connectivity index (χ1) is 20.9. The maximum absolute atomic E-state index is 11.8. The number of nitrogens with zero attached hydrogens (tertiary/aromatic N) is 2. The van der Waals surface area contributed by atoms with Gasteiger partial charge in [-0.3, -0.25) is 0 Å². The van der Waals surface area contributed by atoms with Crippen molar-refractivity contribution in [2.45, 2.75) is 87.9 Å². The number of aryl methyl sites for hydroxylation is 6. The molecule has 3 aromatic carbocycles. The number of nitrogens with one attached hydrogen (secondary N) is 1. The first-order valence-corrected chi connectivity index (χ1v) is 20.6. The fourth-order valence-electron chi connectivity index (χ4n) is 5.66. The summed E-state index contributed by atoms with van der Waals surface area (Å²) in [7, 11) is 11.9. The van der Waals surface area contributed by atoms with Crippen molar-refractivity contribution in [1.82, 2.24) is 0 Å². The second-order valence-electron chi connectivity index (χ2n) is 12.8. The normalized spacial score (nSPS) is 13.3. The number of carbonyl (C=O) groups is 1. The Labute approximate surface area is 283 Å². The average molecular weight is 743 g/mol. The molecule has 0 aromatic heterocycles. The molecule has 9 heteroatoms. The van der Waals surface area contributed by atoms with Gasteiger partial charge < -0.3 is 9.80 Å². The van der Waals surface area contributed by atoms with Gasteiger partial charge in [0, 0.05) is 24.5 Å². The molecule has 3 aromatic rings. The first kappa shape index (κ1) is 36.9. The number of anilines is 3. The van der Waals surface area contributed by atoms with Crippen molar-refractivity contribution in [3.8, 4) is 5.75 Å². The van der Waals surface area contributed by atoms with Crippen LogP contribution in [0.1, 0.15) is 73.6 Å². The molecule has 1 heterocycles. The number of hydrogen-bond acceptors (Lipinski definition) is 5. The molecular weight excluding hydrogens is 694 g/mol. The van der Waals surface area contributed by atoms with E-state index in [9.17, 15) is 4.79 Å². The molecule has 0 aliphatic carbocycles. The van der Waals surface area contributed by atoms with Gasteiger partial charge in [-0.2, -0.15) is 6.67 Å². The number of rotatable bonds is 6. The van der Waals surface area contributed by atoms with Crippen molar-refractivity contribution in [3.05, 3.63) is 88.1 Å². The van der Waals surface area contributed by atoms with Crippen LogP contribution in [0.15, 0.2) is 42.5 Å². The summed E-state index contributed by atoms with van der Waals surface area (Å²) in [6.07, 6.45) is -0.481. The molecule has 1 aliphatic rings. The monoisotopic (exact) mass is 742 g/mol. The molecule has 1 saturated heterocycles. The second kappa shape index (κ2) is 15.8. The van der Waals surface area contributed by atoms with Crippen molar-refractivity contribution in [2.24, 2.45) is 0 Å². The third-order valence-electron chi connectivity index (χ3n) is 6.91. The van der Waals surface area contributed by atoms with Crippen LogP contribution in [-0.2, 0) is 18.3 Å². The van der Waals surface area contributed by atoms with E-state index in [2.05, 4.69) is 87.6 Å². The number of carbonyl (C=O) groups excluding carboxylic acids is 1. The third kappa shape index (κ3) is 11.0. The zero-order valence-electron chi connectivity index (χ0n) is 28.4. The Morgan fingerprint density at radius 2 is 1.33 bits per heavy atom. The Bertz CT molecular complexity index is 1440. The molecule has 0 atom stereocenters. The SMILES string of the molecule is CC(C)Oc1ccc(NC(=O)OC(C)(C)C)cc1[CH]=[Ru]([Cl])[Cl].Cc1cc(C)c(N2[CH-]N(c3c(C)cc(C)cc3C)CC2)c(C)c1. The van der Waals surface area contributed by atoms with Crippen LogP contribution in [0.5, 0.6) is 5.75 Å². The second-order valence-corrected chi connectivity index (χ2v) is 18.6. The van der Waals surface area contributed by atoms with Crippen molar-refractivity contribution in [3.63, 3.8) is 0 Å². The maximum Gasteiger partial charge on any atom is 0.0146 e. The molecule has 4 rings (SSSR count). The van der Waals surface area contributed by atoms with Crippen LogP contribution in [-0.4, -0.2) is 35.5 Å². The molecular formula is C36H48Cl2N3O3Ru-. The minimum absolute atomic E-state index is 0.0307. The summed E-state index contributed by atoms with van der Waals surface area (Å²) in [6.45, 7) is 26.9. The maximum atomic E-state index is 11.8. The molecule has 1 fully saturated rings. The van der Waals surface area contributed by atoms with Crippen molar-refractivity contribution in [1.29, 1.82) is 0 Å². The fraction of sp³-hybridized carbons (Fsp3) is 0.417. The summed E-state index contributed by atoms with van der Waals surface area (Å²) in [5.74, 6) is 0.685. The Balaban J connectivity index is 0.000000246. The van der Waals surface area contributed by atoms with Gasteiger partial charge >= 0.3 is 145 Å². The van der Waals surface area contributed by atoms with E-state index in [4.69, 9.17) is 28.9 Å². The molecule has 1 aliphatic heterocycles. The van der Waals surface area contributed by atoms with E-state index in [1.807, 2.05) is 34.6 Å². The van der Waals surface area contributed by atoms with Gasteiger partial charge in [0.1, 0.15) is 0 Å². The largest absolute Gasteiger partial charge is 0.502 e. The molecule has 1 N–H and O–H groups in total. The topological polar surface area (TPSA) is 54.0 Å². The van der Waals surface area contributed by atoms with Crippen molar-refractivity contribution in [2.75, 3.05) is 28.2 Å². The van der Waals surface area contributed by atoms with Gasteiger partial charge in [0.25, 0.3) is 0 Å². The van der Waals surface area contributed by atoms with Gasteiger partial charge in [-0.25, -0.2) is 0 Å². The number of ether oxygens (including phenoxy) is 2. The van der Waals surface area contributed by atoms with E-state index in [1.165, 1.54) is 44.8 Å². The zero-order valence-corrected chi connectivity index (χ0v) is 31.7. The van der Waals surface area contributed by atoms with Crippen LogP contribution in [0.25, 0.3) is 0 Å². The van der Waals surface area contributed by atoms with Gasteiger partial charge in [-0.1, -0.05) is 35.4 Å². The van der Waals surface area contributed by atoms with Crippen LogP contribution >= 0.6 is 19.4 Å². The number of amides is 1. The molecule has 45 heavy (non-hydrogen) atoms. The van der Waals surface area contributed by atoms with E-state index in [0.29, 0.717) is 11.4 Å². The molecule has 0 unspecified atom stereocenters. The van der Waals surface area contributed by atoms with Gasteiger partial charge in [-0.15, -0.1) is 0 Å². The van der Waals surface area contributed by atoms with Crippen LogP contribution in [0.4, 0.5) is 21.9 Å². The molecule has 0 radical (unpaired) electrons. The van der Waals surface area contributed by atoms with Crippen LogP contribution in [0, 0.1) is 48.2 Å². The van der Waals surface area contributed by atoms with E-state index in [0.717, 1.165) is 18.7 Å². The summed E-state index contributed by atoms with van der Waals surface area (Å²) in [5, 5.41) is 2.69. The number of halogens is 2. The summed E-state index contributed by atoms with van der Waals surface area (Å²) in [5.41, 5.74) is 11.7. The first-order valence-electron chi connectivity index (χ1n) is 15.1. The van der Waals surface area contributed by atoms with Crippen molar-refractivity contribution < 1.29 is 27.8 Å². The predicted octanol–water partition coefficient (Wildman–Crippen LogP) is 9.88. The summed E-state index contributed by atoms with van der Waals surface area (Å²) in [4.78, 5) is 16.6. The molecule has 1 amide bonds. The third-order valence-corrected chi connectivity index (χ3v) is 8.74. The van der Waals surface area contributed by atoms with E-state index < -0.39 is 25.2 Å². The Kier molecular flexibility index (Phi) is 12.9. The summed E-state index contributed by atoms with van der Waals surface area (Å²) in [6, 6.07) is 14.4. The van der Waals surface area contributed by atoms with Crippen LogP contribution < -0.4 is 19.9 Å². The summed E-state index contributed by atoms with van der Waals surface area (Å²) >= 11 is -2.01. The molecule has 0 spiro atoms. The van der Waals surface area contributed by atoms with Gasteiger partial charge in [0.15, 0.2) is 0 Å². The van der Waals surface area contributed by atoms with Gasteiger partial charge in [0.2, 0.25) is 0 Å². The smallest absolute Gasteiger partial charge is 0.0146 e. The quantitative estimate of drug-likeness (QED) is 0.201. The fourth-order valence-corrected chi connectivity index (χ4v) is 7.45. The molecule has 248 valence electrons. The summed E-state index contributed by atoms with van der Waals surface area (Å²) < 4.78 is 12.7. The Morgan fingerprint density at radius 1 is 0.867 bits per heavy atom. The predicted molar refractivity (Wildman–Crippen MR) is 189 cm³/mol. The standard InChI is InChI=1S/C21H27N2.C15H21NO3.2ClH.Ru/c1-14-9-16(3)20(17(4)10-14)22-7-8-23(13-22)21-18(5)11-15(2)12-19(21)6;1-10(2)18-13-8-7-12(9-11(13)3)16-14(17)19-15(4,5)6;;;/h9-13H,7-8H2,1-6H3;3,7-10H,1-2,4-6H3,(H,16,17);2*1H;/q-1;;;;+2/p-2. The Morgan fingerprint density at radius 3 is 1.73 bits per heavy atom.